The second-order valence-corrected chi connectivity index (χ2v) is 6.89. The van der Waals surface area contributed by atoms with E-state index in [2.05, 4.69) is 10.9 Å². The van der Waals surface area contributed by atoms with Crippen molar-refractivity contribution in [3.63, 3.8) is 0 Å². The highest BCUT2D eigenvalue weighted by atomic mass is 35.5. The van der Waals surface area contributed by atoms with Gasteiger partial charge in [0.25, 0.3) is 5.91 Å². The number of amides is 2. The van der Waals surface area contributed by atoms with Crippen molar-refractivity contribution in [1.82, 2.24) is 10.9 Å². The molecule has 0 fully saturated rings. The lowest BCUT2D eigenvalue weighted by Crippen LogP contribution is -2.47. The summed E-state index contributed by atoms with van der Waals surface area (Å²) >= 11 is 11.8. The number of carbonyl (C=O) groups is 2. The topological polar surface area (TPSA) is 120 Å². The first-order chi connectivity index (χ1) is 14.3. The fourth-order valence-corrected chi connectivity index (χ4v) is 2.72. The Morgan fingerprint density at radius 1 is 1.13 bits per heavy atom. The number of nitrogens with one attached hydrogen (secondary N) is 2. The number of benzene rings is 2. The predicted molar refractivity (Wildman–Crippen MR) is 111 cm³/mol. The number of nitro benzene ring substituents is 1. The average molecular weight is 456 g/mol. The number of rotatable bonds is 9. The van der Waals surface area contributed by atoms with Crippen LogP contribution in [0.15, 0.2) is 42.5 Å². The highest BCUT2D eigenvalue weighted by Crippen LogP contribution is 2.28. The van der Waals surface area contributed by atoms with Crippen molar-refractivity contribution in [2.75, 3.05) is 6.61 Å². The van der Waals surface area contributed by atoms with Crippen LogP contribution in [-0.4, -0.2) is 29.4 Å². The summed E-state index contributed by atoms with van der Waals surface area (Å²) < 4.78 is 10.8. The third-order valence-corrected chi connectivity index (χ3v) is 4.29. The molecule has 11 heteroatoms. The maximum atomic E-state index is 12.0. The number of ether oxygens (including phenoxy) is 2. The molecule has 2 aromatic carbocycles. The van der Waals surface area contributed by atoms with E-state index in [1.165, 1.54) is 25.1 Å². The Hall–Kier alpha value is -3.04. The highest BCUT2D eigenvalue weighted by molar-refractivity contribution is 6.35. The van der Waals surface area contributed by atoms with Crippen molar-refractivity contribution in [3.8, 4) is 11.5 Å². The molecule has 0 saturated heterocycles. The van der Waals surface area contributed by atoms with Crippen molar-refractivity contribution in [3.05, 3.63) is 62.6 Å². The van der Waals surface area contributed by atoms with Gasteiger partial charge in [-0.25, -0.2) is 0 Å². The number of nitrogens with zero attached hydrogens (tertiary/aromatic N) is 1. The Morgan fingerprint density at radius 3 is 2.57 bits per heavy atom. The van der Waals surface area contributed by atoms with Crippen LogP contribution in [0.1, 0.15) is 19.8 Å². The Bertz CT molecular complexity index is 925. The van der Waals surface area contributed by atoms with Crippen molar-refractivity contribution in [2.24, 2.45) is 0 Å². The number of hydrogen-bond acceptors (Lipinski definition) is 6. The van der Waals surface area contributed by atoms with Crippen molar-refractivity contribution in [2.45, 2.75) is 25.9 Å². The third-order valence-electron chi connectivity index (χ3n) is 3.76. The molecule has 0 radical (unpaired) electrons. The first-order valence-electron chi connectivity index (χ1n) is 8.84. The summed E-state index contributed by atoms with van der Waals surface area (Å²) in [6, 6.07) is 10.5. The van der Waals surface area contributed by atoms with E-state index in [1.54, 1.807) is 24.3 Å². The molecule has 0 heterocycles. The van der Waals surface area contributed by atoms with Gasteiger partial charge in [-0.05, 0) is 37.6 Å². The van der Waals surface area contributed by atoms with E-state index < -0.39 is 22.8 Å². The fourth-order valence-electron chi connectivity index (χ4n) is 2.25. The summed E-state index contributed by atoms with van der Waals surface area (Å²) in [6.07, 6.45) is -0.602. The summed E-state index contributed by atoms with van der Waals surface area (Å²) in [7, 11) is 0. The van der Waals surface area contributed by atoms with Gasteiger partial charge in [0.05, 0.1) is 16.6 Å². The van der Waals surface area contributed by atoms with Gasteiger partial charge in [0.1, 0.15) is 5.75 Å². The molecule has 2 aromatic rings. The summed E-state index contributed by atoms with van der Waals surface area (Å²) in [6.45, 7) is 1.64. The van der Waals surface area contributed by atoms with Gasteiger partial charge in [-0.1, -0.05) is 35.3 Å². The van der Waals surface area contributed by atoms with Crippen LogP contribution in [0.3, 0.4) is 0 Å². The minimum absolute atomic E-state index is 0.0468. The van der Waals surface area contributed by atoms with Gasteiger partial charge >= 0.3 is 5.69 Å². The normalized spacial score (nSPS) is 11.3. The lowest BCUT2D eigenvalue weighted by atomic mass is 10.3. The molecule has 1 atom stereocenters. The van der Waals surface area contributed by atoms with Gasteiger partial charge in [-0.15, -0.1) is 0 Å². The van der Waals surface area contributed by atoms with E-state index >= 15 is 0 Å². The average Bonchev–Trinajstić information content (AvgIpc) is 2.70. The first kappa shape index (κ1) is 23.2. The molecule has 0 saturated carbocycles. The van der Waals surface area contributed by atoms with Gasteiger partial charge in [0, 0.05) is 17.5 Å². The molecule has 30 heavy (non-hydrogen) atoms. The molecule has 2 rings (SSSR count). The highest BCUT2D eigenvalue weighted by Gasteiger charge is 2.20. The third kappa shape index (κ3) is 7.09. The number of hydrogen-bond donors (Lipinski definition) is 2. The van der Waals surface area contributed by atoms with Gasteiger partial charge in [0.15, 0.2) is 11.9 Å². The van der Waals surface area contributed by atoms with E-state index in [0.717, 1.165) is 0 Å². The maximum absolute atomic E-state index is 12.0. The van der Waals surface area contributed by atoms with E-state index in [0.29, 0.717) is 22.2 Å². The SMILES string of the molecule is CC(Oc1ccccc1[N+](=O)[O-])C(=O)NNC(=O)CCCOc1ccc(Cl)cc1Cl. The summed E-state index contributed by atoms with van der Waals surface area (Å²) in [4.78, 5) is 34.3. The molecule has 0 bridgehead atoms. The van der Waals surface area contributed by atoms with Crippen LogP contribution in [0.2, 0.25) is 10.0 Å². The summed E-state index contributed by atoms with van der Waals surface area (Å²) in [5.74, 6) is -0.692. The largest absolute Gasteiger partial charge is 0.492 e. The second kappa shape index (κ2) is 11.2. The van der Waals surface area contributed by atoms with Gasteiger partial charge in [-0.2, -0.15) is 0 Å². The van der Waals surface area contributed by atoms with Gasteiger partial charge < -0.3 is 9.47 Å². The Balaban J connectivity index is 1.71. The molecular formula is C19H19Cl2N3O6. The minimum Gasteiger partial charge on any atom is -0.492 e. The zero-order valence-corrected chi connectivity index (χ0v) is 17.4. The summed E-state index contributed by atoms with van der Waals surface area (Å²) in [5, 5.41) is 11.8. The van der Waals surface area contributed by atoms with Crippen LogP contribution >= 0.6 is 23.2 Å². The van der Waals surface area contributed by atoms with Crippen LogP contribution in [0.5, 0.6) is 11.5 Å². The maximum Gasteiger partial charge on any atom is 0.310 e. The molecule has 0 aliphatic rings. The Labute approximate surface area is 182 Å². The fraction of sp³-hybridized carbons (Fsp3) is 0.263. The monoisotopic (exact) mass is 455 g/mol. The lowest BCUT2D eigenvalue weighted by Gasteiger charge is -2.15. The molecule has 2 N–H and O–H groups in total. The lowest BCUT2D eigenvalue weighted by molar-refractivity contribution is -0.386. The van der Waals surface area contributed by atoms with Crippen LogP contribution in [0, 0.1) is 10.1 Å². The molecule has 0 aliphatic heterocycles. The molecule has 2 amide bonds. The van der Waals surface area contributed by atoms with E-state index in [-0.39, 0.29) is 24.5 Å². The smallest absolute Gasteiger partial charge is 0.310 e. The van der Waals surface area contributed by atoms with Crippen molar-refractivity contribution >= 4 is 40.7 Å². The molecule has 0 aromatic heterocycles. The van der Waals surface area contributed by atoms with Crippen LogP contribution in [0.25, 0.3) is 0 Å². The first-order valence-corrected chi connectivity index (χ1v) is 9.60. The standard InChI is InChI=1S/C19H19Cl2N3O6/c1-12(30-17-6-3-2-5-15(17)24(27)28)19(26)23-22-18(25)7-4-10-29-16-9-8-13(20)11-14(16)21/h2-3,5-6,8-9,11-12H,4,7,10H2,1H3,(H,22,25)(H,23,26). The number of hydrazine groups is 1. The van der Waals surface area contributed by atoms with Crippen LogP contribution in [0.4, 0.5) is 5.69 Å². The minimum atomic E-state index is -1.07. The number of halogens is 2. The Morgan fingerprint density at radius 2 is 1.87 bits per heavy atom. The van der Waals surface area contributed by atoms with Gasteiger partial charge in [-0.3, -0.25) is 30.6 Å². The molecule has 1 unspecified atom stereocenters. The number of carbonyl (C=O) groups excluding carboxylic acids is 2. The Kier molecular flexibility index (Phi) is 8.70. The number of nitro groups is 1. The summed E-state index contributed by atoms with van der Waals surface area (Å²) in [5.41, 5.74) is 4.21. The van der Waals surface area contributed by atoms with Crippen molar-refractivity contribution < 1.29 is 24.0 Å². The molecule has 9 nitrogen and oxygen atoms in total. The molecular weight excluding hydrogens is 437 g/mol. The van der Waals surface area contributed by atoms with Crippen LogP contribution < -0.4 is 20.3 Å². The van der Waals surface area contributed by atoms with Gasteiger partial charge in [0.2, 0.25) is 5.91 Å². The molecule has 0 spiro atoms. The zero-order chi connectivity index (χ0) is 22.1. The number of para-hydroxylation sites is 2. The second-order valence-electron chi connectivity index (χ2n) is 6.05. The van der Waals surface area contributed by atoms with Crippen molar-refractivity contribution in [1.29, 1.82) is 0 Å². The predicted octanol–water partition coefficient (Wildman–Crippen LogP) is 3.68. The zero-order valence-electron chi connectivity index (χ0n) is 15.9. The molecule has 160 valence electrons. The van der Waals surface area contributed by atoms with Crippen LogP contribution in [-0.2, 0) is 9.59 Å². The quantitative estimate of drug-likeness (QED) is 0.338. The van der Waals surface area contributed by atoms with E-state index in [1.807, 2.05) is 0 Å². The van der Waals surface area contributed by atoms with E-state index in [4.69, 9.17) is 32.7 Å². The molecule has 0 aliphatic carbocycles. The van der Waals surface area contributed by atoms with E-state index in [9.17, 15) is 19.7 Å².